The summed E-state index contributed by atoms with van der Waals surface area (Å²) in [7, 11) is 1.91. The van der Waals surface area contributed by atoms with Crippen molar-refractivity contribution < 1.29 is 0 Å². The summed E-state index contributed by atoms with van der Waals surface area (Å²) in [6, 6.07) is 0. The summed E-state index contributed by atoms with van der Waals surface area (Å²) >= 11 is 7.50. The lowest BCUT2D eigenvalue weighted by molar-refractivity contribution is 0.868. The third kappa shape index (κ3) is 2.43. The van der Waals surface area contributed by atoms with Crippen molar-refractivity contribution >= 4 is 28.8 Å². The lowest BCUT2D eigenvalue weighted by Crippen LogP contribution is -2.18. The maximum absolute atomic E-state index is 5.93. The van der Waals surface area contributed by atoms with Crippen LogP contribution in [0.25, 0.3) is 0 Å². The van der Waals surface area contributed by atoms with Crippen LogP contribution in [0.15, 0.2) is 23.3 Å². The van der Waals surface area contributed by atoms with E-state index in [-0.39, 0.29) is 0 Å². The number of aromatic nitrogens is 3. The number of halogens is 1. The Morgan fingerprint density at radius 2 is 2.13 bits per heavy atom. The number of anilines is 1. The minimum absolute atomic E-state index is 0.412. The van der Waals surface area contributed by atoms with E-state index in [1.165, 1.54) is 0 Å². The molecule has 6 heteroatoms. The number of nitrogens with zero attached hydrogens (tertiary/aromatic N) is 4. The van der Waals surface area contributed by atoms with Crippen LogP contribution in [0.5, 0.6) is 0 Å². The fourth-order valence-corrected chi connectivity index (χ4v) is 2.00. The van der Waals surface area contributed by atoms with Crippen molar-refractivity contribution in [2.75, 3.05) is 11.9 Å². The second-order valence-corrected chi connectivity index (χ2v) is 4.08. The van der Waals surface area contributed by atoms with Crippen molar-refractivity contribution in [3.63, 3.8) is 0 Å². The summed E-state index contributed by atoms with van der Waals surface area (Å²) in [6.45, 7) is 0.682. The van der Waals surface area contributed by atoms with Crippen molar-refractivity contribution in [1.82, 2.24) is 15.0 Å². The van der Waals surface area contributed by atoms with Gasteiger partial charge in [-0.3, -0.25) is 0 Å². The fraction of sp³-hybridized carbons (Fsp3) is 0.222. The van der Waals surface area contributed by atoms with Crippen molar-refractivity contribution in [3.8, 4) is 0 Å². The second-order valence-electron chi connectivity index (χ2n) is 3.01. The van der Waals surface area contributed by atoms with Crippen LogP contribution in [0.1, 0.15) is 5.69 Å². The van der Waals surface area contributed by atoms with Crippen LogP contribution < -0.4 is 4.90 Å². The van der Waals surface area contributed by atoms with E-state index >= 15 is 0 Å². The standard InChI is InChI=1S/C9H9ClN4S/c1-14(4-7-5-15-6-13-7)9-8(10)11-2-3-12-9/h2-3,5-6H,4H2,1H3. The molecule has 0 aliphatic carbocycles. The van der Waals surface area contributed by atoms with Gasteiger partial charge in [-0.1, -0.05) is 11.6 Å². The average Bonchev–Trinajstić information content (AvgIpc) is 2.71. The lowest BCUT2D eigenvalue weighted by Gasteiger charge is -2.16. The maximum atomic E-state index is 5.93. The first kappa shape index (κ1) is 10.3. The highest BCUT2D eigenvalue weighted by atomic mass is 35.5. The van der Waals surface area contributed by atoms with Crippen LogP contribution in [0.2, 0.25) is 5.15 Å². The van der Waals surface area contributed by atoms with Gasteiger partial charge in [-0.2, -0.15) is 0 Å². The van der Waals surface area contributed by atoms with Gasteiger partial charge < -0.3 is 4.90 Å². The van der Waals surface area contributed by atoms with Crippen molar-refractivity contribution in [3.05, 3.63) is 34.1 Å². The summed E-state index contributed by atoms with van der Waals surface area (Å²) in [5, 5.41) is 2.41. The van der Waals surface area contributed by atoms with Crippen LogP contribution in [0.4, 0.5) is 5.82 Å². The third-order valence-electron chi connectivity index (χ3n) is 1.88. The largest absolute Gasteiger partial charge is 0.351 e. The van der Waals surface area contributed by atoms with Crippen molar-refractivity contribution in [1.29, 1.82) is 0 Å². The molecule has 0 amide bonds. The molecule has 0 bridgehead atoms. The van der Waals surface area contributed by atoms with Crippen LogP contribution in [0.3, 0.4) is 0 Å². The van der Waals surface area contributed by atoms with E-state index < -0.39 is 0 Å². The van der Waals surface area contributed by atoms with E-state index in [9.17, 15) is 0 Å². The molecule has 2 aromatic heterocycles. The van der Waals surface area contributed by atoms with Gasteiger partial charge in [0.25, 0.3) is 0 Å². The Morgan fingerprint density at radius 3 is 2.80 bits per heavy atom. The number of rotatable bonds is 3. The highest BCUT2D eigenvalue weighted by Crippen LogP contribution is 2.19. The molecule has 0 atom stereocenters. The van der Waals surface area contributed by atoms with Crippen molar-refractivity contribution in [2.24, 2.45) is 0 Å². The predicted molar refractivity (Wildman–Crippen MR) is 61.3 cm³/mol. The SMILES string of the molecule is CN(Cc1cscn1)c1nccnc1Cl. The van der Waals surface area contributed by atoms with Gasteiger partial charge in [0, 0.05) is 24.8 Å². The monoisotopic (exact) mass is 240 g/mol. The zero-order valence-electron chi connectivity index (χ0n) is 8.09. The van der Waals surface area contributed by atoms with Gasteiger partial charge >= 0.3 is 0 Å². The molecular weight excluding hydrogens is 232 g/mol. The Hall–Kier alpha value is -1.20. The minimum atomic E-state index is 0.412. The van der Waals surface area contributed by atoms with Gasteiger partial charge in [0.15, 0.2) is 11.0 Å². The molecule has 0 fully saturated rings. The van der Waals surface area contributed by atoms with E-state index in [0.29, 0.717) is 17.5 Å². The molecule has 78 valence electrons. The highest BCUT2D eigenvalue weighted by molar-refractivity contribution is 7.07. The Morgan fingerprint density at radius 1 is 1.33 bits per heavy atom. The summed E-state index contributed by atoms with van der Waals surface area (Å²) in [5.41, 5.74) is 2.81. The van der Waals surface area contributed by atoms with Gasteiger partial charge in [-0.15, -0.1) is 11.3 Å². The summed E-state index contributed by atoms with van der Waals surface area (Å²) in [5.74, 6) is 0.673. The Balaban J connectivity index is 2.15. The molecular formula is C9H9ClN4S. The van der Waals surface area contributed by atoms with E-state index in [4.69, 9.17) is 11.6 Å². The molecule has 0 saturated carbocycles. The molecule has 0 aliphatic rings. The first-order valence-corrected chi connectivity index (χ1v) is 5.64. The van der Waals surface area contributed by atoms with Gasteiger partial charge in [0.05, 0.1) is 17.7 Å². The maximum Gasteiger partial charge on any atom is 0.171 e. The molecule has 2 aromatic rings. The van der Waals surface area contributed by atoms with Gasteiger partial charge in [0.1, 0.15) is 0 Å². The zero-order valence-corrected chi connectivity index (χ0v) is 9.66. The van der Waals surface area contributed by atoms with Crippen molar-refractivity contribution in [2.45, 2.75) is 6.54 Å². The van der Waals surface area contributed by atoms with Crippen LogP contribution >= 0.6 is 22.9 Å². The first-order chi connectivity index (χ1) is 7.27. The molecule has 0 aliphatic heterocycles. The molecule has 0 saturated heterocycles. The highest BCUT2D eigenvalue weighted by Gasteiger charge is 2.09. The van der Waals surface area contributed by atoms with Gasteiger partial charge in [-0.05, 0) is 0 Å². The topological polar surface area (TPSA) is 41.9 Å². The molecule has 0 radical (unpaired) electrons. The first-order valence-electron chi connectivity index (χ1n) is 4.32. The van der Waals surface area contributed by atoms with Gasteiger partial charge in [-0.25, -0.2) is 15.0 Å². The molecule has 2 rings (SSSR count). The van der Waals surface area contributed by atoms with Crippen LogP contribution in [-0.4, -0.2) is 22.0 Å². The predicted octanol–water partition coefficient (Wildman–Crippen LogP) is 2.22. The lowest BCUT2D eigenvalue weighted by atomic mass is 10.4. The fourth-order valence-electron chi connectivity index (χ4n) is 1.20. The minimum Gasteiger partial charge on any atom is -0.351 e. The molecule has 0 unspecified atom stereocenters. The van der Waals surface area contributed by atoms with E-state index in [2.05, 4.69) is 15.0 Å². The zero-order chi connectivity index (χ0) is 10.7. The third-order valence-corrected chi connectivity index (χ3v) is 2.78. The summed E-state index contributed by atoms with van der Waals surface area (Å²) < 4.78 is 0. The normalized spacial score (nSPS) is 10.3. The van der Waals surface area contributed by atoms with Crippen LogP contribution in [0, 0.1) is 0 Å². The number of thiazole rings is 1. The van der Waals surface area contributed by atoms with E-state index in [0.717, 1.165) is 5.69 Å². The Bertz CT molecular complexity index is 431. The Kier molecular flexibility index (Phi) is 3.13. The summed E-state index contributed by atoms with van der Waals surface area (Å²) in [4.78, 5) is 14.3. The average molecular weight is 241 g/mol. The smallest absolute Gasteiger partial charge is 0.171 e. The number of hydrogen-bond acceptors (Lipinski definition) is 5. The Labute approximate surface area is 96.6 Å². The molecule has 0 aromatic carbocycles. The molecule has 2 heterocycles. The van der Waals surface area contributed by atoms with E-state index in [1.54, 1.807) is 29.2 Å². The number of hydrogen-bond donors (Lipinski definition) is 0. The van der Waals surface area contributed by atoms with Crippen LogP contribution in [-0.2, 0) is 6.54 Å². The molecule has 15 heavy (non-hydrogen) atoms. The van der Waals surface area contributed by atoms with Gasteiger partial charge in [0.2, 0.25) is 0 Å². The molecule has 4 nitrogen and oxygen atoms in total. The van der Waals surface area contributed by atoms with E-state index in [1.807, 2.05) is 17.3 Å². The summed E-state index contributed by atoms with van der Waals surface area (Å²) in [6.07, 6.45) is 3.20. The molecule has 0 N–H and O–H groups in total. The quantitative estimate of drug-likeness (QED) is 0.825. The second kappa shape index (κ2) is 4.55. The molecule has 0 spiro atoms.